The molecule has 6 rings (SSSR count). The van der Waals surface area contributed by atoms with Crippen LogP contribution in [0.3, 0.4) is 0 Å². The third-order valence-corrected chi connectivity index (χ3v) is 10.9. The van der Waals surface area contributed by atoms with Gasteiger partial charge in [-0.1, -0.05) is 58.5 Å². The zero-order valence-corrected chi connectivity index (χ0v) is 28.2. The van der Waals surface area contributed by atoms with E-state index in [1.807, 2.05) is 0 Å². The summed E-state index contributed by atoms with van der Waals surface area (Å²) in [5.41, 5.74) is 2.30. The standard InChI is InChI=1S/2C14H12Cl2N4O2S/c15-11-4-1-5-12(16)9(11)6-8-18-23(21,22)14-10-3-2-7-17-13(10)19-20-14;15-11-4-3-9(8-12(11)16)5-7-18-23(21,22)14-10-2-1-6-17-13(10)19-20-14/h1-5,7,18H,6,8H2,(H,17,19,20);1-4,6,8,18H,5,7H2,(H,17,19,20). The van der Waals surface area contributed by atoms with Crippen molar-refractivity contribution in [2.45, 2.75) is 22.9 Å². The normalized spacial score (nSPS) is 11.9. The fraction of sp³-hybridized carbons (Fsp3) is 0.143. The summed E-state index contributed by atoms with van der Waals surface area (Å²) in [5.74, 6) is 0. The van der Waals surface area contributed by atoms with Crippen molar-refractivity contribution in [3.05, 3.63) is 104 Å². The zero-order chi connectivity index (χ0) is 32.9. The Morgan fingerprint density at radius 3 is 1.65 bits per heavy atom. The predicted octanol–water partition coefficient (Wildman–Crippen LogP) is 5.57. The lowest BCUT2D eigenvalue weighted by Crippen LogP contribution is -2.26. The van der Waals surface area contributed by atoms with Gasteiger partial charge in [-0.25, -0.2) is 36.2 Å². The van der Waals surface area contributed by atoms with Crippen molar-refractivity contribution in [1.82, 2.24) is 39.8 Å². The number of fused-ring (bicyclic) bond motifs is 2. The topological polar surface area (TPSA) is 175 Å². The fourth-order valence-electron chi connectivity index (χ4n) is 4.31. The number of nitrogens with one attached hydrogen (secondary N) is 4. The summed E-state index contributed by atoms with van der Waals surface area (Å²) in [4.78, 5) is 8.00. The molecule has 4 N–H and O–H groups in total. The number of aromatic amines is 2. The van der Waals surface area contributed by atoms with Gasteiger partial charge in [0, 0.05) is 35.5 Å². The number of hydrogen-bond donors (Lipinski definition) is 4. The van der Waals surface area contributed by atoms with Crippen molar-refractivity contribution in [2.75, 3.05) is 13.1 Å². The van der Waals surface area contributed by atoms with E-state index in [0.717, 1.165) is 5.56 Å². The van der Waals surface area contributed by atoms with Gasteiger partial charge in [0.25, 0.3) is 20.0 Å². The smallest absolute Gasteiger partial charge is 0.258 e. The van der Waals surface area contributed by atoms with Crippen LogP contribution in [0.2, 0.25) is 20.1 Å². The maximum atomic E-state index is 12.4. The highest BCUT2D eigenvalue weighted by Gasteiger charge is 2.21. The lowest BCUT2D eigenvalue weighted by molar-refractivity contribution is 0.576. The van der Waals surface area contributed by atoms with Gasteiger partial charge in [0.05, 0.1) is 20.8 Å². The van der Waals surface area contributed by atoms with Gasteiger partial charge < -0.3 is 0 Å². The predicted molar refractivity (Wildman–Crippen MR) is 178 cm³/mol. The lowest BCUT2D eigenvalue weighted by atomic mass is 10.1. The molecule has 0 aliphatic rings. The molecule has 4 heterocycles. The molecule has 0 amide bonds. The molecule has 4 aromatic heterocycles. The van der Waals surface area contributed by atoms with E-state index in [1.54, 1.807) is 73.1 Å². The minimum absolute atomic E-state index is 0.00847. The van der Waals surface area contributed by atoms with Crippen molar-refractivity contribution in [1.29, 1.82) is 0 Å². The Morgan fingerprint density at radius 1 is 0.609 bits per heavy atom. The molecule has 0 saturated carbocycles. The van der Waals surface area contributed by atoms with Crippen molar-refractivity contribution in [3.8, 4) is 0 Å². The first-order valence-corrected chi connectivity index (χ1v) is 17.9. The Bertz CT molecular complexity index is 2210. The molecule has 46 heavy (non-hydrogen) atoms. The zero-order valence-electron chi connectivity index (χ0n) is 23.5. The van der Waals surface area contributed by atoms with Crippen molar-refractivity contribution < 1.29 is 16.8 Å². The molecule has 0 fully saturated rings. The minimum atomic E-state index is -3.73. The number of halogens is 4. The summed E-state index contributed by atoms with van der Waals surface area (Å²) in [6, 6.07) is 17.0. The molecule has 18 heteroatoms. The van der Waals surface area contributed by atoms with E-state index in [2.05, 4.69) is 39.8 Å². The second-order valence-electron chi connectivity index (χ2n) is 9.60. The highest BCUT2D eigenvalue weighted by atomic mass is 35.5. The molecule has 0 aliphatic carbocycles. The third-order valence-electron chi connectivity index (χ3n) is 6.55. The minimum Gasteiger partial charge on any atom is -0.263 e. The van der Waals surface area contributed by atoms with Crippen LogP contribution in [0.4, 0.5) is 0 Å². The molecule has 6 aromatic rings. The van der Waals surface area contributed by atoms with Crippen molar-refractivity contribution >= 4 is 88.5 Å². The molecule has 2 aromatic carbocycles. The van der Waals surface area contributed by atoms with Gasteiger partial charge in [0.1, 0.15) is 0 Å². The molecular formula is C28H24Cl4N8O4S2. The highest BCUT2D eigenvalue weighted by Crippen LogP contribution is 2.25. The lowest BCUT2D eigenvalue weighted by Gasteiger charge is -2.08. The molecule has 0 saturated heterocycles. The van der Waals surface area contributed by atoms with Crippen LogP contribution in [0.15, 0.2) is 83.1 Å². The summed E-state index contributed by atoms with van der Waals surface area (Å²) >= 11 is 23.9. The van der Waals surface area contributed by atoms with Gasteiger partial charge in [-0.3, -0.25) is 10.2 Å². The molecule has 0 radical (unpaired) electrons. The molecule has 0 aliphatic heterocycles. The van der Waals surface area contributed by atoms with Gasteiger partial charge in [-0.15, -0.1) is 0 Å². The first-order chi connectivity index (χ1) is 22.0. The van der Waals surface area contributed by atoms with Crippen molar-refractivity contribution in [3.63, 3.8) is 0 Å². The summed E-state index contributed by atoms with van der Waals surface area (Å²) in [6.07, 6.45) is 3.96. The molecule has 240 valence electrons. The Hall–Kier alpha value is -3.34. The van der Waals surface area contributed by atoms with Crippen LogP contribution in [0.5, 0.6) is 0 Å². The Kier molecular flexibility index (Phi) is 10.8. The van der Waals surface area contributed by atoms with E-state index in [1.165, 1.54) is 0 Å². The second-order valence-corrected chi connectivity index (χ2v) is 14.6. The molecule has 0 unspecified atom stereocenters. The Morgan fingerprint density at radius 2 is 1.13 bits per heavy atom. The van der Waals surface area contributed by atoms with E-state index in [4.69, 9.17) is 46.4 Å². The maximum absolute atomic E-state index is 12.4. The SMILES string of the molecule is O=S(=O)(NCCc1c(Cl)cccc1Cl)c1[nH]nc2ncccc12.O=S(=O)(NCCc1ccc(Cl)c(Cl)c1)c1[nH]nc2ncccc12. The van der Waals surface area contributed by atoms with E-state index >= 15 is 0 Å². The highest BCUT2D eigenvalue weighted by molar-refractivity contribution is 7.89. The number of aromatic nitrogens is 6. The number of sulfonamides is 2. The summed E-state index contributed by atoms with van der Waals surface area (Å²) in [5, 5.41) is 15.6. The van der Waals surface area contributed by atoms with Gasteiger partial charge >= 0.3 is 0 Å². The van der Waals surface area contributed by atoms with Gasteiger partial charge in [0.2, 0.25) is 0 Å². The van der Waals surface area contributed by atoms with E-state index in [9.17, 15) is 16.8 Å². The monoisotopic (exact) mass is 740 g/mol. The number of benzene rings is 2. The average molecular weight is 742 g/mol. The van der Waals surface area contributed by atoms with Gasteiger partial charge in [-0.05, 0) is 72.5 Å². The summed E-state index contributed by atoms with van der Waals surface area (Å²) in [7, 11) is -7.43. The summed E-state index contributed by atoms with van der Waals surface area (Å²) in [6.45, 7) is 0.383. The van der Waals surface area contributed by atoms with Crippen LogP contribution in [0, 0.1) is 0 Å². The van der Waals surface area contributed by atoms with Gasteiger partial charge in [0.15, 0.2) is 21.3 Å². The van der Waals surface area contributed by atoms with E-state index in [-0.39, 0.29) is 23.1 Å². The summed E-state index contributed by atoms with van der Waals surface area (Å²) < 4.78 is 54.6. The van der Waals surface area contributed by atoms with Crippen LogP contribution in [0.25, 0.3) is 22.1 Å². The molecule has 12 nitrogen and oxygen atoms in total. The first-order valence-electron chi connectivity index (χ1n) is 13.4. The number of hydrogen-bond acceptors (Lipinski definition) is 8. The largest absolute Gasteiger partial charge is 0.263 e. The molecule has 0 bridgehead atoms. The number of nitrogens with zero attached hydrogens (tertiary/aromatic N) is 4. The maximum Gasteiger partial charge on any atom is 0.258 e. The number of H-pyrrole nitrogens is 2. The van der Waals surface area contributed by atoms with Crippen LogP contribution in [-0.4, -0.2) is 60.3 Å². The fourth-order valence-corrected chi connectivity index (χ4v) is 7.48. The van der Waals surface area contributed by atoms with Crippen LogP contribution < -0.4 is 9.44 Å². The first kappa shape index (κ1) is 34.0. The molecule has 0 atom stereocenters. The quantitative estimate of drug-likeness (QED) is 0.141. The van der Waals surface area contributed by atoms with Gasteiger partial charge in [-0.2, -0.15) is 10.2 Å². The second kappa shape index (κ2) is 14.6. The molecular weight excluding hydrogens is 718 g/mol. The number of pyridine rings is 2. The van der Waals surface area contributed by atoms with E-state index in [0.29, 0.717) is 60.6 Å². The van der Waals surface area contributed by atoms with Crippen LogP contribution >= 0.6 is 46.4 Å². The number of rotatable bonds is 10. The van der Waals surface area contributed by atoms with Crippen LogP contribution in [-0.2, 0) is 32.9 Å². The average Bonchev–Trinajstić information content (AvgIpc) is 3.67. The van der Waals surface area contributed by atoms with Crippen molar-refractivity contribution in [2.24, 2.45) is 0 Å². The Labute approximate surface area is 283 Å². The third kappa shape index (κ3) is 7.96. The Balaban J connectivity index is 0.000000181. The van der Waals surface area contributed by atoms with E-state index < -0.39 is 20.0 Å². The van der Waals surface area contributed by atoms with Crippen LogP contribution in [0.1, 0.15) is 11.1 Å². The molecule has 0 spiro atoms.